The summed E-state index contributed by atoms with van der Waals surface area (Å²) in [6.45, 7) is 5.71. The van der Waals surface area contributed by atoms with Crippen LogP contribution in [0.2, 0.25) is 0 Å². The van der Waals surface area contributed by atoms with Gasteiger partial charge < -0.3 is 0 Å². The van der Waals surface area contributed by atoms with Crippen molar-refractivity contribution in [3.63, 3.8) is 0 Å². The number of aryl methyl sites for hydroxylation is 3. The minimum Gasteiger partial charge on any atom is -0.263 e. The van der Waals surface area contributed by atoms with Gasteiger partial charge in [0.25, 0.3) is 0 Å². The molecule has 1 heterocycles. The second-order valence-electron chi connectivity index (χ2n) is 6.88. The van der Waals surface area contributed by atoms with Gasteiger partial charge >= 0.3 is 0 Å². The molecule has 8 heteroatoms. The van der Waals surface area contributed by atoms with E-state index in [1.807, 2.05) is 25.1 Å². The van der Waals surface area contributed by atoms with E-state index in [1.165, 1.54) is 12.1 Å². The van der Waals surface area contributed by atoms with E-state index in [-0.39, 0.29) is 12.4 Å². The number of hydrogen-bond acceptors (Lipinski definition) is 4. The zero-order chi connectivity index (χ0) is 20.3. The largest absolute Gasteiger partial charge is 0.263 e. The van der Waals surface area contributed by atoms with Crippen LogP contribution in [0.25, 0.3) is 0 Å². The van der Waals surface area contributed by atoms with Crippen molar-refractivity contribution in [1.29, 1.82) is 0 Å². The minimum absolute atomic E-state index is 0.187. The number of nitrogens with one attached hydrogen (secondary N) is 2. The van der Waals surface area contributed by atoms with Crippen molar-refractivity contribution in [1.82, 2.24) is 19.9 Å². The van der Waals surface area contributed by atoms with Crippen LogP contribution in [0, 0.1) is 26.6 Å². The first-order valence-electron chi connectivity index (χ1n) is 8.97. The summed E-state index contributed by atoms with van der Waals surface area (Å²) in [5.41, 5.74) is 3.26. The molecule has 0 saturated heterocycles. The predicted octanol–water partition coefficient (Wildman–Crippen LogP) is 2.98. The molecule has 0 bridgehead atoms. The van der Waals surface area contributed by atoms with E-state index >= 15 is 0 Å². The van der Waals surface area contributed by atoms with Gasteiger partial charge in [-0.3, -0.25) is 5.10 Å². The highest BCUT2D eigenvalue weighted by atomic mass is 32.2. The van der Waals surface area contributed by atoms with Crippen molar-refractivity contribution >= 4 is 10.0 Å². The van der Waals surface area contributed by atoms with Crippen LogP contribution in [0.1, 0.15) is 33.9 Å². The molecule has 0 aliphatic rings. The van der Waals surface area contributed by atoms with Crippen LogP contribution in [0.3, 0.4) is 0 Å². The smallest absolute Gasteiger partial charge is 0.241 e. The third kappa shape index (κ3) is 4.82. The molecule has 0 amide bonds. The Morgan fingerprint density at radius 2 is 1.82 bits per heavy atom. The summed E-state index contributed by atoms with van der Waals surface area (Å²) < 4.78 is 41.2. The number of sulfonamides is 1. The molecule has 1 aromatic heterocycles. The fourth-order valence-corrected chi connectivity index (χ4v) is 4.81. The molecule has 0 aliphatic heterocycles. The molecule has 0 atom stereocenters. The first kappa shape index (κ1) is 20.2. The zero-order valence-electron chi connectivity index (χ0n) is 16.1. The third-order valence-electron chi connectivity index (χ3n) is 4.35. The molecule has 3 aromatic rings. The zero-order valence-corrected chi connectivity index (χ0v) is 16.9. The van der Waals surface area contributed by atoms with Gasteiger partial charge in [-0.1, -0.05) is 29.8 Å². The monoisotopic (exact) mass is 402 g/mol. The molecule has 0 saturated carbocycles. The Bertz CT molecular complexity index is 1070. The summed E-state index contributed by atoms with van der Waals surface area (Å²) in [4.78, 5) is 4.67. The molecule has 0 spiro atoms. The first-order chi connectivity index (χ1) is 13.2. The predicted molar refractivity (Wildman–Crippen MR) is 105 cm³/mol. The fourth-order valence-electron chi connectivity index (χ4n) is 3.33. The van der Waals surface area contributed by atoms with E-state index < -0.39 is 10.0 Å². The van der Waals surface area contributed by atoms with Crippen molar-refractivity contribution in [3.8, 4) is 0 Å². The van der Waals surface area contributed by atoms with E-state index in [2.05, 4.69) is 19.9 Å². The van der Waals surface area contributed by atoms with E-state index in [1.54, 1.807) is 19.9 Å². The van der Waals surface area contributed by atoms with Gasteiger partial charge in [-0.15, -0.1) is 0 Å². The van der Waals surface area contributed by atoms with Gasteiger partial charge in [-0.05, 0) is 49.6 Å². The van der Waals surface area contributed by atoms with Gasteiger partial charge in [0.05, 0.1) is 4.90 Å². The number of halogens is 1. The van der Waals surface area contributed by atoms with E-state index in [4.69, 9.17) is 0 Å². The summed E-state index contributed by atoms with van der Waals surface area (Å²) in [5, 5.41) is 6.93. The molecule has 0 fully saturated rings. The molecule has 6 nitrogen and oxygen atoms in total. The number of nitrogens with zero attached hydrogens (tertiary/aromatic N) is 2. The van der Waals surface area contributed by atoms with E-state index in [9.17, 15) is 12.8 Å². The average Bonchev–Trinajstić information content (AvgIpc) is 3.00. The highest BCUT2D eigenvalue weighted by Crippen LogP contribution is 2.21. The molecule has 148 valence electrons. The maximum atomic E-state index is 13.3. The maximum absolute atomic E-state index is 13.3. The van der Waals surface area contributed by atoms with Crippen LogP contribution in [0.5, 0.6) is 0 Å². The first-order valence-corrected chi connectivity index (χ1v) is 10.4. The van der Waals surface area contributed by atoms with Gasteiger partial charge in [-0.2, -0.15) is 5.10 Å². The van der Waals surface area contributed by atoms with Crippen LogP contribution in [-0.4, -0.2) is 30.1 Å². The normalized spacial score (nSPS) is 11.7. The topological polar surface area (TPSA) is 87.7 Å². The summed E-state index contributed by atoms with van der Waals surface area (Å²) in [5.74, 6) is 0.813. The average molecular weight is 402 g/mol. The second kappa shape index (κ2) is 8.20. The lowest BCUT2D eigenvalue weighted by molar-refractivity contribution is 0.579. The Hall–Kier alpha value is -2.58. The number of rotatable bonds is 7. The standard InChI is InChI=1S/C20H23FN4O2S/c1-13-9-14(2)20(15(3)10-13)28(26,27)22-8-7-18-23-19(25-24-18)12-16-5-4-6-17(21)11-16/h4-6,9-11,22H,7-8,12H2,1-3H3,(H,23,24,25). The molecule has 2 aromatic carbocycles. The number of aromatic nitrogens is 3. The van der Waals surface area contributed by atoms with E-state index in [0.29, 0.717) is 29.4 Å². The SMILES string of the molecule is Cc1cc(C)c(S(=O)(=O)NCCc2n[nH]c(Cc3cccc(F)c3)n2)c(C)c1. The minimum atomic E-state index is -3.61. The van der Waals surface area contributed by atoms with E-state index in [0.717, 1.165) is 22.3 Å². The number of hydrogen-bond donors (Lipinski definition) is 2. The van der Waals surface area contributed by atoms with Crippen LogP contribution in [0.15, 0.2) is 41.3 Å². The van der Waals surface area contributed by atoms with Crippen LogP contribution in [-0.2, 0) is 22.9 Å². The van der Waals surface area contributed by atoms with Gasteiger partial charge in [0.15, 0.2) is 5.82 Å². The van der Waals surface area contributed by atoms with Crippen LogP contribution < -0.4 is 4.72 Å². The maximum Gasteiger partial charge on any atom is 0.241 e. The van der Waals surface area contributed by atoms with Gasteiger partial charge in [0.1, 0.15) is 11.6 Å². The van der Waals surface area contributed by atoms with Gasteiger partial charge in [-0.25, -0.2) is 22.5 Å². The Morgan fingerprint density at radius 1 is 1.11 bits per heavy atom. The lowest BCUT2D eigenvalue weighted by atomic mass is 10.1. The Labute approximate surface area is 164 Å². The molecular formula is C20H23FN4O2S. The fraction of sp³-hybridized carbons (Fsp3) is 0.300. The molecule has 0 aliphatic carbocycles. The molecule has 0 radical (unpaired) electrons. The summed E-state index contributed by atoms with van der Waals surface area (Å²) in [6.07, 6.45) is 0.779. The number of aromatic amines is 1. The van der Waals surface area contributed by atoms with Crippen molar-refractivity contribution in [2.45, 2.75) is 38.5 Å². The number of benzene rings is 2. The van der Waals surface area contributed by atoms with Crippen molar-refractivity contribution < 1.29 is 12.8 Å². The summed E-state index contributed by atoms with van der Waals surface area (Å²) >= 11 is 0. The lowest BCUT2D eigenvalue weighted by Gasteiger charge is -2.12. The highest BCUT2D eigenvalue weighted by Gasteiger charge is 2.19. The Kier molecular flexibility index (Phi) is 5.90. The van der Waals surface area contributed by atoms with Crippen LogP contribution in [0.4, 0.5) is 4.39 Å². The number of H-pyrrole nitrogens is 1. The molecule has 28 heavy (non-hydrogen) atoms. The molecule has 0 unspecified atom stereocenters. The highest BCUT2D eigenvalue weighted by molar-refractivity contribution is 7.89. The Balaban J connectivity index is 1.62. The molecule has 2 N–H and O–H groups in total. The summed E-state index contributed by atoms with van der Waals surface area (Å²) in [6, 6.07) is 10.0. The summed E-state index contributed by atoms with van der Waals surface area (Å²) in [7, 11) is -3.61. The van der Waals surface area contributed by atoms with Crippen molar-refractivity contribution in [3.05, 3.63) is 76.1 Å². The quantitative estimate of drug-likeness (QED) is 0.636. The second-order valence-corrected chi connectivity index (χ2v) is 8.58. The van der Waals surface area contributed by atoms with Crippen LogP contribution >= 0.6 is 0 Å². The third-order valence-corrected chi connectivity index (χ3v) is 6.12. The van der Waals surface area contributed by atoms with Gasteiger partial charge in [0.2, 0.25) is 10.0 Å². The van der Waals surface area contributed by atoms with Gasteiger partial charge in [0, 0.05) is 19.4 Å². The molecular weight excluding hydrogens is 379 g/mol. The Morgan fingerprint density at radius 3 is 2.50 bits per heavy atom. The molecule has 3 rings (SSSR count). The van der Waals surface area contributed by atoms with Crippen molar-refractivity contribution in [2.24, 2.45) is 0 Å². The lowest BCUT2D eigenvalue weighted by Crippen LogP contribution is -2.27. The van der Waals surface area contributed by atoms with Crippen molar-refractivity contribution in [2.75, 3.05) is 6.54 Å².